The Hall–Kier alpha value is -2.87. The van der Waals surface area contributed by atoms with Gasteiger partial charge in [-0.2, -0.15) is 5.10 Å². The van der Waals surface area contributed by atoms with Crippen molar-refractivity contribution in [3.8, 4) is 11.5 Å². The molecule has 3 aliphatic heterocycles. The van der Waals surface area contributed by atoms with Gasteiger partial charge in [-0.3, -0.25) is 14.3 Å². The molecule has 5 rings (SSSR count). The number of amides is 2. The van der Waals surface area contributed by atoms with E-state index in [9.17, 15) is 9.59 Å². The zero-order valence-electron chi connectivity index (χ0n) is 17.5. The maximum Gasteiger partial charge on any atom is 0.240 e. The summed E-state index contributed by atoms with van der Waals surface area (Å²) in [6, 6.07) is 5.70. The van der Waals surface area contributed by atoms with Crippen molar-refractivity contribution in [1.82, 2.24) is 9.78 Å². The number of methoxy groups -OCH3 is 2. The Labute approximate surface area is 174 Å². The molecule has 3 saturated heterocycles. The summed E-state index contributed by atoms with van der Waals surface area (Å²) in [5.41, 5.74) is 3.05. The molecule has 0 radical (unpaired) electrons. The largest absolute Gasteiger partial charge is 0.493 e. The van der Waals surface area contributed by atoms with Crippen LogP contribution >= 0.6 is 0 Å². The van der Waals surface area contributed by atoms with Gasteiger partial charge in [0.05, 0.1) is 61.9 Å². The first-order valence-corrected chi connectivity index (χ1v) is 10.2. The van der Waals surface area contributed by atoms with Crippen molar-refractivity contribution in [3.63, 3.8) is 0 Å². The van der Waals surface area contributed by atoms with E-state index >= 15 is 0 Å². The van der Waals surface area contributed by atoms with E-state index in [1.165, 1.54) is 4.90 Å². The summed E-state index contributed by atoms with van der Waals surface area (Å²) in [5, 5.41) is 4.63. The van der Waals surface area contributed by atoms with E-state index in [1.807, 2.05) is 36.7 Å². The van der Waals surface area contributed by atoms with Gasteiger partial charge in [0.15, 0.2) is 11.5 Å². The van der Waals surface area contributed by atoms with Crippen LogP contribution in [-0.2, 0) is 20.9 Å². The highest BCUT2D eigenvalue weighted by molar-refractivity contribution is 6.23. The Morgan fingerprint density at radius 2 is 1.67 bits per heavy atom. The molecule has 0 aliphatic carbocycles. The smallest absolute Gasteiger partial charge is 0.240 e. The van der Waals surface area contributed by atoms with Gasteiger partial charge in [0, 0.05) is 0 Å². The van der Waals surface area contributed by atoms with E-state index < -0.39 is 0 Å². The number of aromatic nitrogens is 2. The number of imide groups is 1. The van der Waals surface area contributed by atoms with Crippen molar-refractivity contribution < 1.29 is 23.8 Å². The molecule has 0 N–H and O–H groups in total. The number of fused-ring (bicyclic) bond motifs is 5. The Morgan fingerprint density at radius 1 is 1.03 bits per heavy atom. The standard InChI is InChI=1S/C22H25N3O5/c1-11-20(25-21(26)18-15-7-8-16(30-15)19(18)22(25)27)12(2)24(23-11)10-13-5-6-14(28-3)17(9-13)29-4/h5-6,9,15-16,18-19H,7-8,10H2,1-4H3/t15-,16+,18-,19+. The lowest BCUT2D eigenvalue weighted by atomic mass is 9.81. The van der Waals surface area contributed by atoms with Crippen LogP contribution in [0.5, 0.6) is 11.5 Å². The predicted molar refractivity (Wildman–Crippen MR) is 108 cm³/mol. The zero-order valence-corrected chi connectivity index (χ0v) is 17.5. The van der Waals surface area contributed by atoms with Crippen molar-refractivity contribution in [1.29, 1.82) is 0 Å². The van der Waals surface area contributed by atoms with Crippen LogP contribution in [0.15, 0.2) is 18.2 Å². The minimum atomic E-state index is -0.343. The number of anilines is 1. The fourth-order valence-corrected chi connectivity index (χ4v) is 5.25. The molecule has 0 spiro atoms. The number of ether oxygens (including phenoxy) is 3. The van der Waals surface area contributed by atoms with Crippen LogP contribution in [0.25, 0.3) is 0 Å². The molecule has 4 atom stereocenters. The van der Waals surface area contributed by atoms with Crippen LogP contribution in [-0.4, -0.2) is 48.0 Å². The highest BCUT2D eigenvalue weighted by Gasteiger charge is 2.63. The molecule has 0 unspecified atom stereocenters. The number of hydrogen-bond donors (Lipinski definition) is 0. The first-order valence-electron chi connectivity index (χ1n) is 10.2. The van der Waals surface area contributed by atoms with E-state index in [2.05, 4.69) is 5.10 Å². The topological polar surface area (TPSA) is 82.9 Å². The number of carbonyl (C=O) groups excluding carboxylic acids is 2. The molecular formula is C22H25N3O5. The number of nitrogens with zero attached hydrogens (tertiary/aromatic N) is 3. The van der Waals surface area contributed by atoms with Gasteiger partial charge in [0.25, 0.3) is 0 Å². The average Bonchev–Trinajstić information content (AvgIpc) is 3.47. The Bertz CT molecular complexity index is 1020. The van der Waals surface area contributed by atoms with Gasteiger partial charge in [-0.15, -0.1) is 0 Å². The zero-order chi connectivity index (χ0) is 21.2. The highest BCUT2D eigenvalue weighted by atomic mass is 16.5. The van der Waals surface area contributed by atoms with Crippen molar-refractivity contribution in [2.45, 2.75) is 45.4 Å². The maximum absolute atomic E-state index is 13.2. The first-order chi connectivity index (χ1) is 14.4. The number of carbonyl (C=O) groups is 2. The fraction of sp³-hybridized carbons (Fsp3) is 0.500. The molecule has 1 aromatic carbocycles. The summed E-state index contributed by atoms with van der Waals surface area (Å²) in [5.74, 6) is 0.327. The van der Waals surface area contributed by atoms with Crippen LogP contribution in [0.4, 0.5) is 5.69 Å². The van der Waals surface area contributed by atoms with Crippen LogP contribution in [0.1, 0.15) is 29.8 Å². The molecule has 2 bridgehead atoms. The van der Waals surface area contributed by atoms with Crippen molar-refractivity contribution in [2.24, 2.45) is 11.8 Å². The summed E-state index contributed by atoms with van der Waals surface area (Å²) >= 11 is 0. The predicted octanol–water partition coefficient (Wildman–Crippen LogP) is 2.23. The third-order valence-electron chi connectivity index (χ3n) is 6.63. The molecule has 30 heavy (non-hydrogen) atoms. The van der Waals surface area contributed by atoms with Gasteiger partial charge < -0.3 is 14.2 Å². The highest BCUT2D eigenvalue weighted by Crippen LogP contribution is 2.50. The van der Waals surface area contributed by atoms with Crippen LogP contribution in [0.3, 0.4) is 0 Å². The quantitative estimate of drug-likeness (QED) is 0.702. The van der Waals surface area contributed by atoms with Gasteiger partial charge in [0.2, 0.25) is 11.8 Å². The van der Waals surface area contributed by atoms with Gasteiger partial charge in [-0.05, 0) is 44.4 Å². The average molecular weight is 411 g/mol. The normalized spacial score (nSPS) is 27.1. The molecule has 8 nitrogen and oxygen atoms in total. The van der Waals surface area contributed by atoms with Crippen LogP contribution in [0, 0.1) is 25.7 Å². The summed E-state index contributed by atoms with van der Waals surface area (Å²) in [7, 11) is 3.20. The van der Waals surface area contributed by atoms with E-state index in [0.29, 0.717) is 29.4 Å². The lowest BCUT2D eigenvalue weighted by molar-refractivity contribution is -0.124. The van der Waals surface area contributed by atoms with Crippen molar-refractivity contribution >= 4 is 17.5 Å². The van der Waals surface area contributed by atoms with Gasteiger partial charge in [-0.25, -0.2) is 4.90 Å². The Balaban J connectivity index is 1.46. The molecular weight excluding hydrogens is 386 g/mol. The molecule has 3 aliphatic rings. The van der Waals surface area contributed by atoms with Gasteiger partial charge in [-0.1, -0.05) is 6.07 Å². The second-order valence-corrected chi connectivity index (χ2v) is 8.22. The van der Waals surface area contributed by atoms with E-state index in [4.69, 9.17) is 14.2 Å². The lowest BCUT2D eigenvalue weighted by Gasteiger charge is -2.18. The number of aryl methyl sites for hydroxylation is 1. The minimum Gasteiger partial charge on any atom is -0.493 e. The van der Waals surface area contributed by atoms with Gasteiger partial charge >= 0.3 is 0 Å². The molecule has 2 amide bonds. The molecule has 0 saturated carbocycles. The minimum absolute atomic E-state index is 0.121. The molecule has 8 heteroatoms. The second kappa shape index (κ2) is 6.84. The fourth-order valence-electron chi connectivity index (χ4n) is 5.25. The Morgan fingerprint density at radius 3 is 2.27 bits per heavy atom. The van der Waals surface area contributed by atoms with Crippen LogP contribution in [0.2, 0.25) is 0 Å². The van der Waals surface area contributed by atoms with Crippen molar-refractivity contribution in [3.05, 3.63) is 35.2 Å². The third-order valence-corrected chi connectivity index (χ3v) is 6.63. The summed E-state index contributed by atoms with van der Waals surface area (Å²) in [4.78, 5) is 27.7. The molecule has 4 heterocycles. The summed E-state index contributed by atoms with van der Waals surface area (Å²) < 4.78 is 18.3. The molecule has 1 aromatic heterocycles. The number of benzene rings is 1. The van der Waals surface area contributed by atoms with E-state index in [-0.39, 0.29) is 35.9 Å². The number of hydrogen-bond acceptors (Lipinski definition) is 6. The summed E-state index contributed by atoms with van der Waals surface area (Å²) in [6.45, 7) is 4.23. The SMILES string of the molecule is COc1ccc(Cn2nc(C)c(N3C(=O)[C@@H]4[C@H](C3=O)[C@H]3CC[C@@H]4O3)c2C)cc1OC. The monoisotopic (exact) mass is 411 g/mol. The maximum atomic E-state index is 13.2. The third kappa shape index (κ3) is 2.59. The van der Waals surface area contributed by atoms with Crippen LogP contribution < -0.4 is 14.4 Å². The van der Waals surface area contributed by atoms with E-state index in [0.717, 1.165) is 24.1 Å². The Kier molecular flexibility index (Phi) is 4.36. The second-order valence-electron chi connectivity index (χ2n) is 8.22. The molecule has 158 valence electrons. The molecule has 2 aromatic rings. The first kappa shape index (κ1) is 19.1. The molecule has 3 fully saturated rings. The van der Waals surface area contributed by atoms with Crippen molar-refractivity contribution in [2.75, 3.05) is 19.1 Å². The number of rotatable bonds is 5. The van der Waals surface area contributed by atoms with E-state index in [1.54, 1.807) is 14.2 Å². The van der Waals surface area contributed by atoms with Gasteiger partial charge in [0.1, 0.15) is 0 Å². The summed E-state index contributed by atoms with van der Waals surface area (Å²) in [6.07, 6.45) is 1.47. The lowest BCUT2D eigenvalue weighted by Crippen LogP contribution is -2.35.